The minimum absolute atomic E-state index is 0.240. The minimum atomic E-state index is -0.442. The summed E-state index contributed by atoms with van der Waals surface area (Å²) in [6.07, 6.45) is 0.336. The van der Waals surface area contributed by atoms with Crippen LogP contribution in [0.2, 0.25) is 0 Å². The molecule has 6 heteroatoms. The highest BCUT2D eigenvalue weighted by atomic mass is 16.2. The second kappa shape index (κ2) is 8.51. The molecule has 1 heterocycles. The normalized spacial score (nSPS) is 18.7. The standard InChI is InChI=1S/C16H24N4O2/c1-13-11-17-8-10-20(13)9-7-15(21)19-16(22)18-12-14-5-3-2-4-6-14/h2-6,13,17H,7-12H2,1H3,(H2,18,19,21,22)/t13-/m0/s1. The lowest BCUT2D eigenvalue weighted by atomic mass is 10.2. The number of carbonyl (C=O) groups excluding carboxylic acids is 2. The number of nitrogens with one attached hydrogen (secondary N) is 3. The summed E-state index contributed by atoms with van der Waals surface area (Å²) < 4.78 is 0. The highest BCUT2D eigenvalue weighted by Gasteiger charge is 2.18. The first kappa shape index (κ1) is 16.5. The molecule has 0 radical (unpaired) electrons. The fourth-order valence-electron chi connectivity index (χ4n) is 2.47. The lowest BCUT2D eigenvalue weighted by Gasteiger charge is -2.33. The summed E-state index contributed by atoms with van der Waals surface area (Å²) in [5, 5.41) is 8.37. The van der Waals surface area contributed by atoms with Crippen molar-refractivity contribution in [2.45, 2.75) is 25.9 Å². The number of carbonyl (C=O) groups is 2. The third kappa shape index (κ3) is 5.46. The lowest BCUT2D eigenvalue weighted by molar-refractivity contribution is -0.120. The van der Waals surface area contributed by atoms with E-state index in [9.17, 15) is 9.59 Å². The molecule has 1 saturated heterocycles. The van der Waals surface area contributed by atoms with E-state index in [2.05, 4.69) is 27.8 Å². The van der Waals surface area contributed by atoms with Gasteiger partial charge in [-0.05, 0) is 12.5 Å². The third-order valence-corrected chi connectivity index (χ3v) is 3.81. The van der Waals surface area contributed by atoms with Crippen LogP contribution in [0.4, 0.5) is 4.79 Å². The first-order valence-electron chi connectivity index (χ1n) is 7.71. The van der Waals surface area contributed by atoms with Gasteiger partial charge in [-0.2, -0.15) is 0 Å². The number of hydrogen-bond acceptors (Lipinski definition) is 4. The van der Waals surface area contributed by atoms with Crippen molar-refractivity contribution in [3.63, 3.8) is 0 Å². The van der Waals surface area contributed by atoms with Gasteiger partial charge in [0.15, 0.2) is 0 Å². The molecule has 0 aromatic heterocycles. The maximum Gasteiger partial charge on any atom is 0.321 e. The second-order valence-corrected chi connectivity index (χ2v) is 5.56. The Bertz CT molecular complexity index is 492. The van der Waals surface area contributed by atoms with Crippen LogP contribution in [-0.4, -0.2) is 49.1 Å². The van der Waals surface area contributed by atoms with E-state index < -0.39 is 6.03 Å². The minimum Gasteiger partial charge on any atom is -0.334 e. The van der Waals surface area contributed by atoms with Crippen LogP contribution in [-0.2, 0) is 11.3 Å². The van der Waals surface area contributed by atoms with Crippen molar-refractivity contribution in [2.24, 2.45) is 0 Å². The Labute approximate surface area is 131 Å². The van der Waals surface area contributed by atoms with Crippen LogP contribution in [0.1, 0.15) is 18.9 Å². The average molecular weight is 304 g/mol. The van der Waals surface area contributed by atoms with Gasteiger partial charge in [0.05, 0.1) is 0 Å². The summed E-state index contributed by atoms with van der Waals surface area (Å²) in [5.74, 6) is -0.240. The van der Waals surface area contributed by atoms with Crippen LogP contribution in [0.25, 0.3) is 0 Å². The Balaban J connectivity index is 1.64. The number of imide groups is 1. The number of hydrogen-bond donors (Lipinski definition) is 3. The SMILES string of the molecule is C[C@H]1CNCCN1CCC(=O)NC(=O)NCc1ccccc1. The van der Waals surface area contributed by atoms with Gasteiger partial charge in [0.25, 0.3) is 0 Å². The van der Waals surface area contributed by atoms with Gasteiger partial charge < -0.3 is 10.6 Å². The quantitative estimate of drug-likeness (QED) is 0.748. The maximum absolute atomic E-state index is 11.8. The number of amides is 3. The zero-order valence-corrected chi connectivity index (χ0v) is 13.0. The van der Waals surface area contributed by atoms with E-state index in [1.165, 1.54) is 0 Å². The molecule has 22 heavy (non-hydrogen) atoms. The first-order valence-corrected chi connectivity index (χ1v) is 7.71. The maximum atomic E-state index is 11.8. The van der Waals surface area contributed by atoms with Gasteiger partial charge in [-0.15, -0.1) is 0 Å². The van der Waals surface area contributed by atoms with Gasteiger partial charge in [0.1, 0.15) is 0 Å². The molecule has 2 rings (SSSR count). The zero-order valence-electron chi connectivity index (χ0n) is 13.0. The summed E-state index contributed by atoms with van der Waals surface area (Å²) in [4.78, 5) is 25.7. The van der Waals surface area contributed by atoms with E-state index >= 15 is 0 Å². The Morgan fingerprint density at radius 1 is 1.32 bits per heavy atom. The van der Waals surface area contributed by atoms with Crippen LogP contribution in [0.3, 0.4) is 0 Å². The molecule has 3 N–H and O–H groups in total. The Hall–Kier alpha value is -1.92. The van der Waals surface area contributed by atoms with Crippen molar-refractivity contribution < 1.29 is 9.59 Å². The summed E-state index contributed by atoms with van der Waals surface area (Å²) >= 11 is 0. The van der Waals surface area contributed by atoms with Gasteiger partial charge >= 0.3 is 6.03 Å². The van der Waals surface area contributed by atoms with Gasteiger partial charge in [-0.25, -0.2) is 4.79 Å². The van der Waals surface area contributed by atoms with E-state index in [-0.39, 0.29) is 5.91 Å². The highest BCUT2D eigenvalue weighted by molar-refractivity contribution is 5.94. The van der Waals surface area contributed by atoms with Gasteiger partial charge in [0.2, 0.25) is 5.91 Å². The molecule has 0 saturated carbocycles. The van der Waals surface area contributed by atoms with Crippen LogP contribution in [0, 0.1) is 0 Å². The molecule has 0 aliphatic carbocycles. The lowest BCUT2D eigenvalue weighted by Crippen LogP contribution is -2.50. The predicted octanol–water partition coefficient (Wildman–Crippen LogP) is 0.696. The van der Waals surface area contributed by atoms with E-state index in [1.807, 2.05) is 30.3 Å². The van der Waals surface area contributed by atoms with Crippen LogP contribution >= 0.6 is 0 Å². The summed E-state index contributed by atoms with van der Waals surface area (Å²) in [6, 6.07) is 9.57. The molecule has 1 aliphatic rings. The van der Waals surface area contributed by atoms with Crippen molar-refractivity contribution in [1.82, 2.24) is 20.9 Å². The fourth-order valence-corrected chi connectivity index (χ4v) is 2.47. The van der Waals surface area contributed by atoms with E-state index in [0.29, 0.717) is 25.6 Å². The third-order valence-electron chi connectivity index (χ3n) is 3.81. The number of urea groups is 1. The van der Waals surface area contributed by atoms with Crippen molar-refractivity contribution in [3.8, 4) is 0 Å². The molecule has 1 aromatic carbocycles. The topological polar surface area (TPSA) is 73.5 Å². The highest BCUT2D eigenvalue weighted by Crippen LogP contribution is 2.03. The molecule has 1 aromatic rings. The number of benzene rings is 1. The number of nitrogens with zero attached hydrogens (tertiary/aromatic N) is 1. The van der Waals surface area contributed by atoms with Crippen molar-refractivity contribution in [1.29, 1.82) is 0 Å². The van der Waals surface area contributed by atoms with Gasteiger partial charge in [-0.1, -0.05) is 30.3 Å². The van der Waals surface area contributed by atoms with E-state index in [4.69, 9.17) is 0 Å². The van der Waals surface area contributed by atoms with Gasteiger partial charge in [-0.3, -0.25) is 15.0 Å². The molecular formula is C16H24N4O2. The largest absolute Gasteiger partial charge is 0.334 e. The predicted molar refractivity (Wildman–Crippen MR) is 85.3 cm³/mol. The first-order chi connectivity index (χ1) is 10.6. The average Bonchev–Trinajstić information content (AvgIpc) is 2.53. The fraction of sp³-hybridized carbons (Fsp3) is 0.500. The molecule has 0 bridgehead atoms. The Morgan fingerprint density at radius 3 is 2.82 bits per heavy atom. The molecule has 120 valence electrons. The van der Waals surface area contributed by atoms with Crippen LogP contribution in [0.15, 0.2) is 30.3 Å². The van der Waals surface area contributed by atoms with Crippen LogP contribution in [0.5, 0.6) is 0 Å². The number of rotatable bonds is 5. The summed E-state index contributed by atoms with van der Waals surface area (Å²) in [6.45, 7) is 6.06. The van der Waals surface area contributed by atoms with Crippen molar-refractivity contribution in [2.75, 3.05) is 26.2 Å². The molecule has 0 unspecified atom stereocenters. The Morgan fingerprint density at radius 2 is 2.09 bits per heavy atom. The molecule has 6 nitrogen and oxygen atoms in total. The van der Waals surface area contributed by atoms with Crippen molar-refractivity contribution >= 4 is 11.9 Å². The van der Waals surface area contributed by atoms with E-state index in [0.717, 1.165) is 25.2 Å². The monoisotopic (exact) mass is 304 g/mol. The smallest absolute Gasteiger partial charge is 0.321 e. The summed E-state index contributed by atoms with van der Waals surface area (Å²) in [5.41, 5.74) is 1.000. The summed E-state index contributed by atoms with van der Waals surface area (Å²) in [7, 11) is 0. The zero-order chi connectivity index (χ0) is 15.8. The molecule has 1 fully saturated rings. The van der Waals surface area contributed by atoms with Crippen LogP contribution < -0.4 is 16.0 Å². The van der Waals surface area contributed by atoms with E-state index in [1.54, 1.807) is 0 Å². The second-order valence-electron chi connectivity index (χ2n) is 5.56. The van der Waals surface area contributed by atoms with Gasteiger partial charge in [0, 0.05) is 45.2 Å². The molecule has 3 amide bonds. The Kier molecular flexibility index (Phi) is 6.36. The number of piperazine rings is 1. The van der Waals surface area contributed by atoms with Crippen molar-refractivity contribution in [3.05, 3.63) is 35.9 Å². The molecule has 1 atom stereocenters. The molecular weight excluding hydrogens is 280 g/mol. The molecule has 1 aliphatic heterocycles. The molecule has 0 spiro atoms.